The van der Waals surface area contributed by atoms with Gasteiger partial charge in [0.05, 0.1) is 0 Å². The first-order valence-electron chi connectivity index (χ1n) is 8.57. The first-order valence-corrected chi connectivity index (χ1v) is 9.56. The molecule has 25 heavy (non-hydrogen) atoms. The zero-order chi connectivity index (χ0) is 17.2. The van der Waals surface area contributed by atoms with Gasteiger partial charge in [-0.25, -0.2) is 4.39 Å². The van der Waals surface area contributed by atoms with Gasteiger partial charge in [0.1, 0.15) is 5.82 Å². The molecular formula is C18H19FN4OS. The van der Waals surface area contributed by atoms with Gasteiger partial charge in [0.15, 0.2) is 5.16 Å². The molecule has 0 atom stereocenters. The molecule has 130 valence electrons. The smallest absolute Gasteiger partial charge is 0.280 e. The van der Waals surface area contributed by atoms with E-state index in [1.165, 1.54) is 48.8 Å². The summed E-state index contributed by atoms with van der Waals surface area (Å²) in [5.41, 5.74) is 0.636. The lowest BCUT2D eigenvalue weighted by molar-refractivity contribution is 0.390. The molecule has 0 saturated heterocycles. The molecule has 7 heteroatoms. The third-order valence-electron chi connectivity index (χ3n) is 4.72. The Labute approximate surface area is 148 Å². The second-order valence-corrected chi connectivity index (χ2v) is 7.43. The SMILES string of the molecule is O=c1c2nnc(SCC3CCCCC3)n2ccn1-c1ccc(F)cc1. The molecule has 0 unspecified atom stereocenters. The van der Waals surface area contributed by atoms with Crippen LogP contribution in [0.25, 0.3) is 11.3 Å². The Bertz CT molecular complexity index is 928. The summed E-state index contributed by atoms with van der Waals surface area (Å²) in [5.74, 6) is 1.41. The summed E-state index contributed by atoms with van der Waals surface area (Å²) in [5, 5.41) is 9.02. The van der Waals surface area contributed by atoms with E-state index in [9.17, 15) is 9.18 Å². The molecule has 1 aliphatic carbocycles. The second kappa shape index (κ2) is 7.00. The lowest BCUT2D eigenvalue weighted by atomic mass is 9.91. The predicted octanol–water partition coefficient (Wildman–Crippen LogP) is 3.69. The van der Waals surface area contributed by atoms with E-state index in [-0.39, 0.29) is 17.0 Å². The maximum Gasteiger partial charge on any atom is 0.300 e. The molecule has 1 saturated carbocycles. The van der Waals surface area contributed by atoms with Crippen molar-refractivity contribution in [1.29, 1.82) is 0 Å². The van der Waals surface area contributed by atoms with Crippen molar-refractivity contribution in [2.24, 2.45) is 5.92 Å². The largest absolute Gasteiger partial charge is 0.300 e. The molecular weight excluding hydrogens is 339 g/mol. The van der Waals surface area contributed by atoms with Gasteiger partial charge in [0.2, 0.25) is 5.65 Å². The summed E-state index contributed by atoms with van der Waals surface area (Å²) >= 11 is 1.67. The fourth-order valence-corrected chi connectivity index (χ4v) is 4.42. The average molecular weight is 358 g/mol. The number of hydrogen-bond acceptors (Lipinski definition) is 4. The molecule has 1 fully saturated rings. The lowest BCUT2D eigenvalue weighted by Gasteiger charge is -2.20. The van der Waals surface area contributed by atoms with E-state index in [1.807, 2.05) is 0 Å². The zero-order valence-corrected chi connectivity index (χ0v) is 14.6. The Morgan fingerprint density at radius 2 is 1.84 bits per heavy atom. The lowest BCUT2D eigenvalue weighted by Crippen LogP contribution is -2.20. The summed E-state index contributed by atoms with van der Waals surface area (Å²) in [7, 11) is 0. The molecule has 0 radical (unpaired) electrons. The van der Waals surface area contributed by atoms with Gasteiger partial charge in [-0.2, -0.15) is 0 Å². The first kappa shape index (κ1) is 16.3. The molecule has 2 heterocycles. The minimum absolute atomic E-state index is 0.258. The Hall–Kier alpha value is -2.15. The Kier molecular flexibility index (Phi) is 4.57. The fraction of sp³-hybridized carbons (Fsp3) is 0.389. The highest BCUT2D eigenvalue weighted by molar-refractivity contribution is 7.99. The van der Waals surface area contributed by atoms with Crippen LogP contribution < -0.4 is 5.56 Å². The zero-order valence-electron chi connectivity index (χ0n) is 13.8. The molecule has 5 nitrogen and oxygen atoms in total. The van der Waals surface area contributed by atoms with Gasteiger partial charge in [-0.15, -0.1) is 10.2 Å². The number of aromatic nitrogens is 4. The van der Waals surface area contributed by atoms with E-state index in [2.05, 4.69) is 10.2 Å². The van der Waals surface area contributed by atoms with Gasteiger partial charge in [0.25, 0.3) is 0 Å². The van der Waals surface area contributed by atoms with Crippen LogP contribution in [0.1, 0.15) is 32.1 Å². The highest BCUT2D eigenvalue weighted by Crippen LogP contribution is 2.29. The van der Waals surface area contributed by atoms with Crippen molar-refractivity contribution in [3.05, 3.63) is 52.8 Å². The molecule has 3 aromatic rings. The molecule has 0 aliphatic heterocycles. The molecule has 1 aromatic carbocycles. The number of benzene rings is 1. The van der Waals surface area contributed by atoms with Crippen molar-refractivity contribution in [1.82, 2.24) is 19.2 Å². The fourth-order valence-electron chi connectivity index (χ4n) is 3.32. The van der Waals surface area contributed by atoms with Crippen molar-refractivity contribution in [3.63, 3.8) is 0 Å². The minimum Gasteiger partial charge on any atom is -0.280 e. The van der Waals surface area contributed by atoms with E-state index < -0.39 is 0 Å². The number of thioether (sulfide) groups is 1. The Morgan fingerprint density at radius 3 is 2.60 bits per heavy atom. The van der Waals surface area contributed by atoms with E-state index in [0.717, 1.165) is 16.8 Å². The average Bonchev–Trinajstić information content (AvgIpc) is 3.06. The maximum absolute atomic E-state index is 13.1. The molecule has 4 rings (SSSR count). The minimum atomic E-state index is -0.332. The maximum atomic E-state index is 13.1. The van der Waals surface area contributed by atoms with Crippen molar-refractivity contribution in [2.45, 2.75) is 37.3 Å². The number of halogens is 1. The number of rotatable bonds is 4. The van der Waals surface area contributed by atoms with Gasteiger partial charge in [-0.3, -0.25) is 13.8 Å². The molecule has 1 aliphatic rings. The van der Waals surface area contributed by atoms with Crippen LogP contribution in [0.15, 0.2) is 46.6 Å². The van der Waals surface area contributed by atoms with Crippen LogP contribution in [0.3, 0.4) is 0 Å². The normalized spacial score (nSPS) is 15.7. The third kappa shape index (κ3) is 3.33. The van der Waals surface area contributed by atoms with Crippen LogP contribution in [-0.4, -0.2) is 24.9 Å². The van der Waals surface area contributed by atoms with Crippen molar-refractivity contribution in [2.75, 3.05) is 5.75 Å². The molecule has 0 N–H and O–H groups in total. The van der Waals surface area contributed by atoms with Gasteiger partial charge in [-0.1, -0.05) is 31.0 Å². The first-order chi connectivity index (χ1) is 12.2. The number of nitrogens with zero attached hydrogens (tertiary/aromatic N) is 4. The predicted molar refractivity (Wildman–Crippen MR) is 95.8 cm³/mol. The quantitative estimate of drug-likeness (QED) is 0.668. The summed E-state index contributed by atoms with van der Waals surface area (Å²) in [4.78, 5) is 12.7. The summed E-state index contributed by atoms with van der Waals surface area (Å²) in [6, 6.07) is 5.81. The van der Waals surface area contributed by atoms with Gasteiger partial charge in [0, 0.05) is 23.8 Å². The van der Waals surface area contributed by atoms with Gasteiger partial charge in [-0.05, 0) is 43.0 Å². The topological polar surface area (TPSA) is 52.2 Å². The van der Waals surface area contributed by atoms with Crippen LogP contribution in [0.5, 0.6) is 0 Å². The Morgan fingerprint density at radius 1 is 1.08 bits per heavy atom. The van der Waals surface area contributed by atoms with E-state index in [4.69, 9.17) is 0 Å². The molecule has 2 aromatic heterocycles. The van der Waals surface area contributed by atoms with Crippen LogP contribution >= 0.6 is 11.8 Å². The number of fused-ring (bicyclic) bond motifs is 1. The number of hydrogen-bond donors (Lipinski definition) is 0. The molecule has 0 bridgehead atoms. The monoisotopic (exact) mass is 358 g/mol. The van der Waals surface area contributed by atoms with E-state index >= 15 is 0 Å². The van der Waals surface area contributed by atoms with Crippen molar-refractivity contribution in [3.8, 4) is 5.69 Å². The summed E-state index contributed by atoms with van der Waals surface area (Å²) < 4.78 is 16.3. The third-order valence-corrected chi connectivity index (χ3v) is 5.89. The van der Waals surface area contributed by atoms with Crippen molar-refractivity contribution >= 4 is 17.4 Å². The van der Waals surface area contributed by atoms with Gasteiger partial charge >= 0.3 is 5.56 Å². The van der Waals surface area contributed by atoms with Crippen LogP contribution in [0.4, 0.5) is 4.39 Å². The standard InChI is InChI=1S/C18H19FN4OS/c19-14-6-8-15(9-7-14)22-10-11-23-16(17(22)24)20-21-18(23)25-12-13-4-2-1-3-5-13/h6-11,13H,1-5,12H2. The Balaban J connectivity index is 1.60. The van der Waals surface area contributed by atoms with Crippen LogP contribution in [0.2, 0.25) is 0 Å². The highest BCUT2D eigenvalue weighted by Gasteiger charge is 2.17. The highest BCUT2D eigenvalue weighted by atomic mass is 32.2. The second-order valence-electron chi connectivity index (χ2n) is 6.44. The van der Waals surface area contributed by atoms with E-state index in [1.54, 1.807) is 40.7 Å². The van der Waals surface area contributed by atoms with Gasteiger partial charge < -0.3 is 0 Å². The van der Waals surface area contributed by atoms with E-state index in [0.29, 0.717) is 5.69 Å². The molecule has 0 spiro atoms. The molecule has 0 amide bonds. The summed E-state index contributed by atoms with van der Waals surface area (Å²) in [6.45, 7) is 0. The van der Waals surface area contributed by atoms with Crippen molar-refractivity contribution < 1.29 is 4.39 Å². The van der Waals surface area contributed by atoms with Crippen LogP contribution in [0, 0.1) is 11.7 Å². The summed E-state index contributed by atoms with van der Waals surface area (Å²) in [6.07, 6.45) is 10.0. The van der Waals surface area contributed by atoms with Crippen LogP contribution in [-0.2, 0) is 0 Å².